The number of nitrogens with zero attached hydrogens (tertiary/aromatic N) is 1. The van der Waals surface area contributed by atoms with Gasteiger partial charge < -0.3 is 21.1 Å². The number of aromatic nitrogens is 2. The van der Waals surface area contributed by atoms with Crippen LogP contribution < -0.4 is 16.6 Å². The Labute approximate surface area is 97.1 Å². The Hall–Kier alpha value is -2.50. The number of nitrogen functional groups attached to an aromatic ring is 1. The monoisotopic (exact) mass is 232 g/mol. The van der Waals surface area contributed by atoms with Crippen LogP contribution in [0.25, 0.3) is 0 Å². The molecule has 0 fully saturated rings. The quantitative estimate of drug-likeness (QED) is 0.622. The molecule has 0 aliphatic carbocycles. The van der Waals surface area contributed by atoms with Crippen molar-refractivity contribution in [3.63, 3.8) is 0 Å². The van der Waals surface area contributed by atoms with E-state index in [0.717, 1.165) is 0 Å². The highest BCUT2D eigenvalue weighted by molar-refractivity contribution is 5.59. The lowest BCUT2D eigenvalue weighted by molar-refractivity contribution is 0.469. The summed E-state index contributed by atoms with van der Waals surface area (Å²) in [5, 5.41) is 12.4. The maximum absolute atomic E-state index is 11.2. The van der Waals surface area contributed by atoms with Crippen molar-refractivity contribution in [1.82, 2.24) is 9.97 Å². The van der Waals surface area contributed by atoms with Crippen molar-refractivity contribution in [2.24, 2.45) is 0 Å². The smallest absolute Gasteiger partial charge is 0.276 e. The number of aromatic hydroxyl groups is 1. The van der Waals surface area contributed by atoms with Gasteiger partial charge in [0.15, 0.2) is 5.82 Å². The van der Waals surface area contributed by atoms with Crippen molar-refractivity contribution >= 4 is 11.5 Å². The van der Waals surface area contributed by atoms with E-state index in [9.17, 15) is 9.90 Å². The zero-order chi connectivity index (χ0) is 12.3. The highest BCUT2D eigenvalue weighted by atomic mass is 16.3. The lowest BCUT2D eigenvalue weighted by atomic mass is 10.2. The second-order valence-electron chi connectivity index (χ2n) is 3.48. The summed E-state index contributed by atoms with van der Waals surface area (Å²) in [6.07, 6.45) is 1.27. The Morgan fingerprint density at radius 3 is 2.94 bits per heavy atom. The molecule has 0 aliphatic heterocycles. The molecule has 2 aromatic rings. The Morgan fingerprint density at radius 1 is 1.41 bits per heavy atom. The molecular weight excluding hydrogens is 220 g/mol. The maximum Gasteiger partial charge on any atom is 0.276 e. The van der Waals surface area contributed by atoms with Crippen LogP contribution in [0.1, 0.15) is 5.56 Å². The normalized spacial score (nSPS) is 10.1. The highest BCUT2D eigenvalue weighted by Gasteiger charge is 2.05. The van der Waals surface area contributed by atoms with Crippen LogP contribution >= 0.6 is 0 Å². The van der Waals surface area contributed by atoms with Crippen molar-refractivity contribution in [2.45, 2.75) is 6.54 Å². The number of nitrogens with one attached hydrogen (secondary N) is 2. The molecule has 0 atom stereocenters. The van der Waals surface area contributed by atoms with Gasteiger partial charge in [0, 0.05) is 12.1 Å². The fourth-order valence-corrected chi connectivity index (χ4v) is 1.39. The van der Waals surface area contributed by atoms with E-state index in [1.165, 1.54) is 6.33 Å². The minimum absolute atomic E-state index is 0.0305. The van der Waals surface area contributed by atoms with Crippen LogP contribution in [0.15, 0.2) is 35.4 Å². The summed E-state index contributed by atoms with van der Waals surface area (Å²) >= 11 is 0. The lowest BCUT2D eigenvalue weighted by Gasteiger charge is -2.08. The summed E-state index contributed by atoms with van der Waals surface area (Å²) in [4.78, 5) is 17.5. The number of aromatic amines is 1. The van der Waals surface area contributed by atoms with Gasteiger partial charge in [-0.05, 0) is 6.07 Å². The second-order valence-corrected chi connectivity index (χ2v) is 3.48. The van der Waals surface area contributed by atoms with E-state index < -0.39 is 0 Å². The molecular formula is C11H12N4O2. The molecule has 0 unspecified atom stereocenters. The van der Waals surface area contributed by atoms with Gasteiger partial charge in [0.25, 0.3) is 5.56 Å². The van der Waals surface area contributed by atoms with Gasteiger partial charge in [-0.2, -0.15) is 0 Å². The van der Waals surface area contributed by atoms with Crippen LogP contribution in [0.3, 0.4) is 0 Å². The molecule has 0 bridgehead atoms. The number of hydrogen-bond acceptors (Lipinski definition) is 5. The summed E-state index contributed by atoms with van der Waals surface area (Å²) in [5.41, 5.74) is 5.90. The number of hydrogen-bond donors (Lipinski definition) is 4. The number of anilines is 2. The van der Waals surface area contributed by atoms with Crippen LogP contribution in [0, 0.1) is 0 Å². The Kier molecular flexibility index (Phi) is 2.95. The fourth-order valence-electron chi connectivity index (χ4n) is 1.39. The summed E-state index contributed by atoms with van der Waals surface area (Å²) in [7, 11) is 0. The molecule has 1 aromatic carbocycles. The van der Waals surface area contributed by atoms with E-state index in [1.807, 2.05) is 6.07 Å². The predicted octanol–water partition coefficient (Wildman–Crippen LogP) is 0.670. The molecule has 0 radical (unpaired) electrons. The van der Waals surface area contributed by atoms with Gasteiger partial charge in [0.2, 0.25) is 0 Å². The molecule has 0 aliphatic rings. The van der Waals surface area contributed by atoms with Gasteiger partial charge in [-0.15, -0.1) is 0 Å². The van der Waals surface area contributed by atoms with Gasteiger partial charge in [-0.1, -0.05) is 18.2 Å². The van der Waals surface area contributed by atoms with Crippen LogP contribution in [0.2, 0.25) is 0 Å². The van der Waals surface area contributed by atoms with Crippen molar-refractivity contribution in [3.05, 3.63) is 46.5 Å². The summed E-state index contributed by atoms with van der Waals surface area (Å²) in [6, 6.07) is 6.90. The Bertz CT molecular complexity index is 580. The summed E-state index contributed by atoms with van der Waals surface area (Å²) in [6.45, 7) is 0.341. The minimum Gasteiger partial charge on any atom is -0.508 e. The second kappa shape index (κ2) is 4.56. The lowest BCUT2D eigenvalue weighted by Crippen LogP contribution is -2.16. The highest BCUT2D eigenvalue weighted by Crippen LogP contribution is 2.17. The van der Waals surface area contributed by atoms with E-state index in [2.05, 4.69) is 15.3 Å². The zero-order valence-corrected chi connectivity index (χ0v) is 8.97. The van der Waals surface area contributed by atoms with Crippen LogP contribution in [-0.2, 0) is 6.54 Å². The number of para-hydroxylation sites is 1. The molecule has 6 heteroatoms. The molecule has 1 heterocycles. The van der Waals surface area contributed by atoms with Gasteiger partial charge in [0.05, 0.1) is 6.33 Å². The topological polar surface area (TPSA) is 104 Å². The third kappa shape index (κ3) is 2.36. The molecule has 17 heavy (non-hydrogen) atoms. The first-order valence-corrected chi connectivity index (χ1v) is 5.02. The Balaban J connectivity index is 2.16. The minimum atomic E-state index is -0.389. The van der Waals surface area contributed by atoms with E-state index in [1.54, 1.807) is 18.2 Å². The van der Waals surface area contributed by atoms with Gasteiger partial charge in [-0.25, -0.2) is 4.98 Å². The van der Waals surface area contributed by atoms with E-state index in [4.69, 9.17) is 5.73 Å². The van der Waals surface area contributed by atoms with Crippen LogP contribution in [0.5, 0.6) is 5.75 Å². The molecule has 5 N–H and O–H groups in total. The first-order chi connectivity index (χ1) is 8.18. The molecule has 2 rings (SSSR count). The summed E-state index contributed by atoms with van der Waals surface area (Å²) < 4.78 is 0. The van der Waals surface area contributed by atoms with E-state index >= 15 is 0 Å². The summed E-state index contributed by atoms with van der Waals surface area (Å²) in [5.74, 6) is 0.486. The van der Waals surface area contributed by atoms with Crippen molar-refractivity contribution in [2.75, 3.05) is 11.1 Å². The average Bonchev–Trinajstić information content (AvgIpc) is 2.33. The van der Waals surface area contributed by atoms with Crippen molar-refractivity contribution in [1.29, 1.82) is 0 Å². The molecule has 6 nitrogen and oxygen atoms in total. The largest absolute Gasteiger partial charge is 0.508 e. The van der Waals surface area contributed by atoms with Gasteiger partial charge >= 0.3 is 0 Å². The maximum atomic E-state index is 11.2. The Morgan fingerprint density at radius 2 is 2.18 bits per heavy atom. The van der Waals surface area contributed by atoms with Crippen LogP contribution in [0.4, 0.5) is 11.5 Å². The third-order valence-corrected chi connectivity index (χ3v) is 2.33. The zero-order valence-electron chi connectivity index (χ0n) is 8.97. The molecule has 0 saturated carbocycles. The first kappa shape index (κ1) is 11.0. The fraction of sp³-hybridized carbons (Fsp3) is 0.0909. The third-order valence-electron chi connectivity index (χ3n) is 2.33. The standard InChI is InChI=1S/C11H12N4O2/c12-9-10(14-6-15-11(9)17)13-5-7-3-1-2-4-8(7)16/h1-4,6,16H,5,12H2,(H2,13,14,15,17). The number of phenols is 1. The number of phenolic OH excluding ortho intramolecular Hbond substituents is 1. The molecule has 0 spiro atoms. The van der Waals surface area contributed by atoms with Crippen molar-refractivity contribution in [3.8, 4) is 5.75 Å². The van der Waals surface area contributed by atoms with Gasteiger partial charge in [-0.3, -0.25) is 4.79 Å². The molecule has 88 valence electrons. The predicted molar refractivity (Wildman–Crippen MR) is 64.7 cm³/mol. The van der Waals surface area contributed by atoms with Gasteiger partial charge in [0.1, 0.15) is 11.4 Å². The first-order valence-electron chi connectivity index (χ1n) is 5.02. The number of rotatable bonds is 3. The average molecular weight is 232 g/mol. The number of H-pyrrole nitrogens is 1. The molecule has 1 aromatic heterocycles. The van der Waals surface area contributed by atoms with E-state index in [-0.39, 0.29) is 17.0 Å². The number of benzene rings is 1. The molecule has 0 saturated heterocycles. The van der Waals surface area contributed by atoms with Crippen molar-refractivity contribution < 1.29 is 5.11 Å². The SMILES string of the molecule is Nc1c(NCc2ccccc2O)nc[nH]c1=O. The van der Waals surface area contributed by atoms with Crippen LogP contribution in [-0.4, -0.2) is 15.1 Å². The van der Waals surface area contributed by atoms with E-state index in [0.29, 0.717) is 17.9 Å². The number of nitrogens with two attached hydrogens (primary N) is 1. The molecule has 0 amide bonds.